The van der Waals surface area contributed by atoms with Crippen LogP contribution in [0.4, 0.5) is 0 Å². The standard InChI is InChI=1S/C7H10BrNS/c1-3-5(2)7-9-6(8)4-10-7/h4-5H,3H2,1-2H3/i1D3,2D3,3D2,5D. The van der Waals surface area contributed by atoms with Gasteiger partial charge in [0.1, 0.15) is 4.60 Å². The molecular formula is C7H10BrNS. The third-order valence-corrected chi connectivity index (χ3v) is 2.38. The molecule has 0 aromatic carbocycles. The number of halogens is 1. The molecule has 0 spiro atoms. The van der Waals surface area contributed by atoms with Gasteiger partial charge in [-0.25, -0.2) is 4.98 Å². The monoisotopic (exact) mass is 228 g/mol. The maximum absolute atomic E-state index is 8.01. The van der Waals surface area contributed by atoms with Crippen molar-refractivity contribution in [1.82, 2.24) is 4.98 Å². The number of thiazole rings is 1. The summed E-state index contributed by atoms with van der Waals surface area (Å²) in [7, 11) is 0. The quantitative estimate of drug-likeness (QED) is 0.757. The Morgan fingerprint density at radius 1 is 2.20 bits per heavy atom. The van der Waals surface area contributed by atoms with Crippen LogP contribution in [-0.4, -0.2) is 4.98 Å². The first kappa shape index (κ1) is 2.30. The van der Waals surface area contributed by atoms with Crippen molar-refractivity contribution in [1.29, 1.82) is 0 Å². The molecule has 0 aliphatic rings. The smallest absolute Gasteiger partial charge is 0.117 e. The summed E-state index contributed by atoms with van der Waals surface area (Å²) in [4.78, 5) is 3.73. The van der Waals surface area contributed by atoms with Crippen LogP contribution in [0.2, 0.25) is 0 Å². The molecule has 1 aromatic rings. The minimum atomic E-state index is -3.28. The summed E-state index contributed by atoms with van der Waals surface area (Å²) in [5.74, 6) is -2.97. The topological polar surface area (TPSA) is 12.9 Å². The molecule has 56 valence electrons. The largest absolute Gasteiger partial charge is 0.234 e. The molecule has 0 saturated heterocycles. The molecule has 0 fully saturated rings. The summed E-state index contributed by atoms with van der Waals surface area (Å²) < 4.78 is 67.2. The van der Waals surface area contributed by atoms with Gasteiger partial charge in [-0.3, -0.25) is 0 Å². The SMILES string of the molecule is [2H]C([2H])([2H])C([2H])([2H])C([2H])(c1nc(Br)cs1)C([2H])([2H])[2H]. The number of hydrogen-bond donors (Lipinski definition) is 0. The Bertz CT molecular complexity index is 464. The molecule has 3 heteroatoms. The van der Waals surface area contributed by atoms with Crippen LogP contribution in [0.3, 0.4) is 0 Å². The van der Waals surface area contributed by atoms with E-state index in [-0.39, 0.29) is 4.60 Å². The van der Waals surface area contributed by atoms with E-state index in [0.717, 1.165) is 11.3 Å². The van der Waals surface area contributed by atoms with Crippen LogP contribution in [0, 0.1) is 0 Å². The molecule has 0 aliphatic carbocycles. The lowest BCUT2D eigenvalue weighted by atomic mass is 10.1. The van der Waals surface area contributed by atoms with Crippen molar-refractivity contribution in [2.24, 2.45) is 0 Å². The Morgan fingerprint density at radius 2 is 3.10 bits per heavy atom. The lowest BCUT2D eigenvalue weighted by Crippen LogP contribution is -1.88. The molecule has 0 saturated carbocycles. The molecule has 1 unspecified atom stereocenters. The lowest BCUT2D eigenvalue weighted by molar-refractivity contribution is 0.725. The average molecular weight is 229 g/mol. The number of aromatic nitrogens is 1. The van der Waals surface area contributed by atoms with E-state index in [0.29, 0.717) is 0 Å². The fourth-order valence-electron chi connectivity index (χ4n) is 0.422. The van der Waals surface area contributed by atoms with E-state index >= 15 is 0 Å². The second-order valence-electron chi connectivity index (χ2n) is 1.48. The summed E-state index contributed by atoms with van der Waals surface area (Å²) in [5, 5.41) is 0.973. The van der Waals surface area contributed by atoms with Crippen molar-refractivity contribution in [2.45, 2.75) is 26.0 Å². The predicted octanol–water partition coefficient (Wildman–Crippen LogP) is 3.42. The molecule has 1 aromatic heterocycles. The summed E-state index contributed by atoms with van der Waals surface area (Å²) in [5.41, 5.74) is 0. The van der Waals surface area contributed by atoms with Crippen LogP contribution in [0.1, 0.15) is 43.3 Å². The van der Waals surface area contributed by atoms with Crippen LogP contribution >= 0.6 is 27.3 Å². The molecular weight excluding hydrogens is 210 g/mol. The van der Waals surface area contributed by atoms with Gasteiger partial charge in [0.2, 0.25) is 0 Å². The van der Waals surface area contributed by atoms with Gasteiger partial charge in [-0.15, -0.1) is 11.3 Å². The van der Waals surface area contributed by atoms with Crippen LogP contribution in [0.15, 0.2) is 9.98 Å². The molecule has 1 rings (SSSR count). The molecule has 0 aliphatic heterocycles. The van der Waals surface area contributed by atoms with Crippen molar-refractivity contribution < 1.29 is 12.3 Å². The normalized spacial score (nSPS) is 33.9. The van der Waals surface area contributed by atoms with Crippen molar-refractivity contribution in [3.8, 4) is 0 Å². The van der Waals surface area contributed by atoms with E-state index in [2.05, 4.69) is 20.9 Å². The number of rotatable bonds is 2. The molecule has 0 N–H and O–H groups in total. The van der Waals surface area contributed by atoms with Gasteiger partial charge in [-0.05, 0) is 22.3 Å². The molecule has 1 nitrogen and oxygen atoms in total. The number of nitrogens with zero attached hydrogens (tertiary/aromatic N) is 1. The minimum Gasteiger partial charge on any atom is -0.234 e. The van der Waals surface area contributed by atoms with Gasteiger partial charge in [0.05, 0.1) is 5.01 Å². The van der Waals surface area contributed by atoms with Gasteiger partial charge < -0.3 is 0 Å². The van der Waals surface area contributed by atoms with E-state index < -0.39 is 31.0 Å². The fraction of sp³-hybridized carbons (Fsp3) is 0.571. The Labute approximate surface area is 86.3 Å². The third kappa shape index (κ3) is 1.80. The molecule has 0 bridgehead atoms. The van der Waals surface area contributed by atoms with E-state index in [1.54, 1.807) is 0 Å². The van der Waals surface area contributed by atoms with E-state index in [1.807, 2.05) is 0 Å². The second kappa shape index (κ2) is 3.49. The zero-order valence-corrected chi connectivity index (χ0v) is 7.21. The first-order valence-electron chi connectivity index (χ1n) is 6.86. The minimum absolute atomic E-state index is 0.231. The molecule has 0 amide bonds. The summed E-state index contributed by atoms with van der Waals surface area (Å²) in [6.07, 6.45) is -3.28. The van der Waals surface area contributed by atoms with Crippen LogP contribution < -0.4 is 0 Å². The highest BCUT2D eigenvalue weighted by molar-refractivity contribution is 9.10. The van der Waals surface area contributed by atoms with Crippen LogP contribution in [0.5, 0.6) is 0 Å². The van der Waals surface area contributed by atoms with Crippen molar-refractivity contribution in [3.63, 3.8) is 0 Å². The molecule has 1 atom stereocenters. The van der Waals surface area contributed by atoms with E-state index in [9.17, 15) is 0 Å². The summed E-state index contributed by atoms with van der Waals surface area (Å²) in [6, 6.07) is 0. The maximum atomic E-state index is 8.01. The molecule has 0 radical (unpaired) electrons. The van der Waals surface area contributed by atoms with Gasteiger partial charge in [-0.2, -0.15) is 0 Å². The Balaban J connectivity index is 3.55. The molecule has 10 heavy (non-hydrogen) atoms. The van der Waals surface area contributed by atoms with E-state index in [4.69, 9.17) is 12.3 Å². The Hall–Kier alpha value is 0.110. The zero-order valence-electron chi connectivity index (χ0n) is 13.8. The summed E-state index contributed by atoms with van der Waals surface area (Å²) >= 11 is 3.71. The van der Waals surface area contributed by atoms with Gasteiger partial charge in [-0.1, -0.05) is 13.7 Å². The highest BCUT2D eigenvalue weighted by atomic mass is 79.9. The van der Waals surface area contributed by atoms with Crippen molar-refractivity contribution in [2.75, 3.05) is 0 Å². The Morgan fingerprint density at radius 3 is 3.60 bits per heavy atom. The average Bonchev–Trinajstić information content (AvgIpc) is 2.59. The van der Waals surface area contributed by atoms with Gasteiger partial charge in [0, 0.05) is 23.6 Å². The third-order valence-electron chi connectivity index (χ3n) is 0.815. The Kier molecular flexibility index (Phi) is 0.801. The second-order valence-corrected chi connectivity index (χ2v) is 3.15. The first-order chi connectivity index (χ1) is 8.25. The zero-order chi connectivity index (χ0) is 15.3. The predicted molar refractivity (Wildman–Crippen MR) is 48.5 cm³/mol. The van der Waals surface area contributed by atoms with Crippen LogP contribution in [-0.2, 0) is 0 Å². The lowest BCUT2D eigenvalue weighted by Gasteiger charge is -2.00. The van der Waals surface area contributed by atoms with E-state index in [1.165, 1.54) is 5.38 Å². The number of hydrogen-bond acceptors (Lipinski definition) is 2. The first-order valence-corrected chi connectivity index (χ1v) is 4.04. The van der Waals surface area contributed by atoms with Crippen molar-refractivity contribution in [3.05, 3.63) is 15.0 Å². The highest BCUT2D eigenvalue weighted by Gasteiger charge is 2.05. The highest BCUT2D eigenvalue weighted by Crippen LogP contribution is 2.24. The van der Waals surface area contributed by atoms with Gasteiger partial charge in [0.15, 0.2) is 0 Å². The fourth-order valence-corrected chi connectivity index (χ4v) is 1.58. The maximum Gasteiger partial charge on any atom is 0.117 e. The van der Waals surface area contributed by atoms with Gasteiger partial charge in [0.25, 0.3) is 0 Å². The van der Waals surface area contributed by atoms with Crippen molar-refractivity contribution >= 4 is 27.3 Å². The van der Waals surface area contributed by atoms with Gasteiger partial charge >= 0.3 is 0 Å². The summed E-state index contributed by atoms with van der Waals surface area (Å²) in [6.45, 7) is -6.44. The molecule has 1 heterocycles. The van der Waals surface area contributed by atoms with Crippen LogP contribution in [0.25, 0.3) is 0 Å².